The van der Waals surface area contributed by atoms with Gasteiger partial charge in [-0.3, -0.25) is 0 Å². The molecule has 0 radical (unpaired) electrons. The second-order valence-electron chi connectivity index (χ2n) is 12.4. The van der Waals surface area contributed by atoms with Gasteiger partial charge in [0, 0.05) is 24.2 Å². The van der Waals surface area contributed by atoms with Crippen LogP contribution in [0.1, 0.15) is 72.1 Å². The monoisotopic (exact) mass is 650 g/mol. The SMILES string of the molecule is CC[Si](CC)(CC)O[C@H]1C[C@@H](OC2CCCCO2)[C@H](/C=C/[C@H](COc2cccc(Cl)c2)OC2CCCCO2)[C@H]1C/C=C\CO. The van der Waals surface area contributed by atoms with E-state index in [0.717, 1.165) is 76.1 Å². The molecule has 2 saturated heterocycles. The smallest absolute Gasteiger partial charge is 0.192 e. The second kappa shape index (κ2) is 18.8. The third-order valence-electron chi connectivity index (χ3n) is 9.57. The second-order valence-corrected chi connectivity index (χ2v) is 17.5. The molecule has 7 nitrogen and oxygen atoms in total. The van der Waals surface area contributed by atoms with Crippen molar-refractivity contribution in [3.8, 4) is 5.75 Å². The topological polar surface area (TPSA) is 75.6 Å². The standard InChI is InChI=1S/C35H55ClO7Si/c1-4-44(5-2,6-3)43-33-25-32(42-35-18-9-12-23-39-35)31(30(33)16-7-10-21-37)20-19-29(41-34-17-8-11-22-38-34)26-40-28-15-13-14-27(36)24-28/h7,10,13-15,19-20,24,29-35,37H,4-6,8-9,11-12,16-18,21-23,25-26H2,1-3H3/b10-7-,20-19+/t29-,30-,31-,32-,33+,34?,35?/m1/s1. The number of aliphatic hydroxyl groups is 1. The fourth-order valence-corrected chi connectivity index (χ4v) is 9.84. The van der Waals surface area contributed by atoms with Crippen molar-refractivity contribution in [2.45, 2.75) is 121 Å². The Kier molecular flexibility index (Phi) is 15.2. The number of rotatable bonds is 17. The first-order valence-electron chi connectivity index (χ1n) is 17.0. The maximum absolute atomic E-state index is 9.53. The molecule has 9 heteroatoms. The van der Waals surface area contributed by atoms with Crippen molar-refractivity contribution in [3.05, 3.63) is 53.6 Å². The van der Waals surface area contributed by atoms with Crippen LogP contribution in [0.3, 0.4) is 0 Å². The Bertz CT molecular complexity index is 998. The molecule has 1 N–H and O–H groups in total. The van der Waals surface area contributed by atoms with Crippen molar-refractivity contribution in [3.63, 3.8) is 0 Å². The number of hydrogen-bond acceptors (Lipinski definition) is 7. The number of ether oxygens (including phenoxy) is 5. The zero-order valence-electron chi connectivity index (χ0n) is 27.0. The van der Waals surface area contributed by atoms with Crippen molar-refractivity contribution >= 4 is 19.9 Å². The Morgan fingerprint density at radius 1 is 0.977 bits per heavy atom. The van der Waals surface area contributed by atoms with Crippen LogP contribution in [-0.2, 0) is 23.4 Å². The summed E-state index contributed by atoms with van der Waals surface area (Å²) in [5.41, 5.74) is 0. The molecule has 2 heterocycles. The molecule has 1 aliphatic carbocycles. The van der Waals surface area contributed by atoms with Gasteiger partial charge < -0.3 is 33.2 Å². The zero-order chi connectivity index (χ0) is 31.2. The molecule has 4 rings (SSSR count). The molecule has 0 bridgehead atoms. The fraction of sp³-hybridized carbons (Fsp3) is 0.714. The van der Waals surface area contributed by atoms with Crippen molar-refractivity contribution in [1.82, 2.24) is 0 Å². The van der Waals surface area contributed by atoms with E-state index in [-0.39, 0.29) is 49.3 Å². The summed E-state index contributed by atoms with van der Waals surface area (Å²) >= 11 is 6.22. The van der Waals surface area contributed by atoms with E-state index in [0.29, 0.717) is 24.0 Å². The van der Waals surface area contributed by atoms with Gasteiger partial charge in [-0.15, -0.1) is 0 Å². The fourth-order valence-electron chi connectivity index (χ4n) is 6.75. The third kappa shape index (κ3) is 10.7. The lowest BCUT2D eigenvalue weighted by Crippen LogP contribution is -2.41. The number of aliphatic hydroxyl groups excluding tert-OH is 1. The molecule has 248 valence electrons. The summed E-state index contributed by atoms with van der Waals surface area (Å²) in [5, 5.41) is 10.2. The zero-order valence-corrected chi connectivity index (χ0v) is 28.8. The maximum atomic E-state index is 9.53. The van der Waals surface area contributed by atoms with Gasteiger partial charge in [0.1, 0.15) is 18.5 Å². The van der Waals surface area contributed by atoms with Crippen LogP contribution < -0.4 is 4.74 Å². The molecule has 0 aromatic heterocycles. The quantitative estimate of drug-likeness (QED) is 0.135. The van der Waals surface area contributed by atoms with Gasteiger partial charge in [0.2, 0.25) is 0 Å². The van der Waals surface area contributed by atoms with Gasteiger partial charge in [0.05, 0.1) is 18.8 Å². The van der Waals surface area contributed by atoms with Crippen LogP contribution in [0.5, 0.6) is 5.75 Å². The van der Waals surface area contributed by atoms with Crippen molar-refractivity contribution in [2.75, 3.05) is 26.4 Å². The lowest BCUT2D eigenvalue weighted by Gasteiger charge is -2.34. The number of hydrogen-bond donors (Lipinski definition) is 1. The molecule has 0 amide bonds. The van der Waals surface area contributed by atoms with E-state index in [1.807, 2.05) is 30.3 Å². The van der Waals surface area contributed by atoms with E-state index in [1.165, 1.54) is 0 Å². The number of allylic oxidation sites excluding steroid dienone is 1. The van der Waals surface area contributed by atoms with Crippen LogP contribution in [0.15, 0.2) is 48.6 Å². The van der Waals surface area contributed by atoms with Crippen LogP contribution in [0.2, 0.25) is 23.2 Å². The van der Waals surface area contributed by atoms with Crippen LogP contribution in [0, 0.1) is 11.8 Å². The van der Waals surface area contributed by atoms with E-state index >= 15 is 0 Å². The molecule has 3 fully saturated rings. The Balaban J connectivity index is 1.59. The van der Waals surface area contributed by atoms with E-state index in [4.69, 9.17) is 39.7 Å². The predicted octanol–water partition coefficient (Wildman–Crippen LogP) is 8.06. The summed E-state index contributed by atoms with van der Waals surface area (Å²) in [6, 6.07) is 10.8. The predicted molar refractivity (Wildman–Crippen MR) is 178 cm³/mol. The van der Waals surface area contributed by atoms with Gasteiger partial charge >= 0.3 is 0 Å². The molecule has 1 aromatic carbocycles. The summed E-state index contributed by atoms with van der Waals surface area (Å²) in [6.45, 7) is 8.68. The average molecular weight is 651 g/mol. The molecule has 1 saturated carbocycles. The molecular formula is C35H55ClO7Si. The van der Waals surface area contributed by atoms with Crippen molar-refractivity contribution < 1.29 is 33.2 Å². The van der Waals surface area contributed by atoms with E-state index in [9.17, 15) is 5.11 Å². The molecule has 44 heavy (non-hydrogen) atoms. The van der Waals surface area contributed by atoms with Gasteiger partial charge in [-0.2, -0.15) is 0 Å². The molecular weight excluding hydrogens is 596 g/mol. The number of halogens is 1. The normalized spacial score (nSPS) is 29.0. The summed E-state index contributed by atoms with van der Waals surface area (Å²) in [4.78, 5) is 0. The van der Waals surface area contributed by atoms with Gasteiger partial charge in [0.25, 0.3) is 0 Å². The lowest BCUT2D eigenvalue weighted by molar-refractivity contribution is -0.193. The summed E-state index contributed by atoms with van der Waals surface area (Å²) in [6.07, 6.45) is 15.4. The number of benzene rings is 1. The first kappa shape index (κ1) is 35.6. The van der Waals surface area contributed by atoms with Crippen molar-refractivity contribution in [2.24, 2.45) is 11.8 Å². The highest BCUT2D eigenvalue weighted by atomic mass is 35.5. The summed E-state index contributed by atoms with van der Waals surface area (Å²) in [7, 11) is -1.87. The molecule has 0 spiro atoms. The van der Waals surface area contributed by atoms with Crippen molar-refractivity contribution in [1.29, 1.82) is 0 Å². The molecule has 3 aliphatic rings. The Labute approximate surface area is 271 Å². The van der Waals surface area contributed by atoms with Gasteiger partial charge in [0.15, 0.2) is 20.9 Å². The van der Waals surface area contributed by atoms with Crippen LogP contribution in [0.25, 0.3) is 0 Å². The Hall–Kier alpha value is -1.23. The highest BCUT2D eigenvalue weighted by molar-refractivity contribution is 6.73. The van der Waals surface area contributed by atoms with Crippen LogP contribution >= 0.6 is 11.6 Å². The summed E-state index contributed by atoms with van der Waals surface area (Å²) < 4.78 is 38.6. The molecule has 7 atom stereocenters. The summed E-state index contributed by atoms with van der Waals surface area (Å²) in [5.74, 6) is 1.01. The first-order valence-corrected chi connectivity index (χ1v) is 19.9. The Morgan fingerprint density at radius 2 is 1.70 bits per heavy atom. The minimum absolute atomic E-state index is 0.0320. The molecule has 2 unspecified atom stereocenters. The third-order valence-corrected chi connectivity index (χ3v) is 14.5. The average Bonchev–Trinajstić information content (AvgIpc) is 3.36. The minimum atomic E-state index is -1.87. The van der Waals surface area contributed by atoms with E-state index in [1.54, 1.807) is 0 Å². The van der Waals surface area contributed by atoms with Crippen LogP contribution in [-0.4, -0.2) is 70.7 Å². The molecule has 2 aliphatic heterocycles. The van der Waals surface area contributed by atoms with Gasteiger partial charge in [-0.1, -0.05) is 62.7 Å². The molecule has 1 aromatic rings. The Morgan fingerprint density at radius 3 is 2.34 bits per heavy atom. The highest BCUT2D eigenvalue weighted by Gasteiger charge is 2.47. The van der Waals surface area contributed by atoms with E-state index in [2.05, 4.69) is 39.0 Å². The largest absolute Gasteiger partial charge is 0.490 e. The first-order chi connectivity index (χ1) is 21.5. The minimum Gasteiger partial charge on any atom is -0.490 e. The maximum Gasteiger partial charge on any atom is 0.192 e. The van der Waals surface area contributed by atoms with Crippen LogP contribution in [0.4, 0.5) is 0 Å². The van der Waals surface area contributed by atoms with Gasteiger partial charge in [-0.05, 0) is 93.6 Å². The van der Waals surface area contributed by atoms with E-state index < -0.39 is 8.32 Å². The highest BCUT2D eigenvalue weighted by Crippen LogP contribution is 2.43. The van der Waals surface area contributed by atoms with Gasteiger partial charge in [-0.25, -0.2) is 0 Å². The lowest BCUT2D eigenvalue weighted by atomic mass is 9.89.